The molecular formula is C20H29N7. The molecule has 0 bridgehead atoms. The molecule has 2 aromatic rings. The fraction of sp³-hybridized carbons (Fsp3) is 0.600. The molecule has 2 aliphatic rings. The molecule has 1 saturated carbocycles. The molecule has 7 heteroatoms. The van der Waals surface area contributed by atoms with E-state index >= 15 is 0 Å². The lowest BCUT2D eigenvalue weighted by molar-refractivity contribution is 0.218. The van der Waals surface area contributed by atoms with E-state index in [4.69, 9.17) is 0 Å². The van der Waals surface area contributed by atoms with E-state index in [1.54, 1.807) is 24.8 Å². The second-order valence-electron chi connectivity index (χ2n) is 7.62. The second kappa shape index (κ2) is 9.08. The first kappa shape index (κ1) is 18.1. The number of aromatic nitrogens is 4. The Morgan fingerprint density at radius 1 is 0.889 bits per heavy atom. The molecule has 0 radical (unpaired) electrons. The lowest BCUT2D eigenvalue weighted by atomic mass is 9.84. The van der Waals surface area contributed by atoms with Crippen molar-refractivity contribution >= 4 is 11.8 Å². The number of hydrogen-bond donors (Lipinski definition) is 1. The summed E-state index contributed by atoms with van der Waals surface area (Å²) in [6.07, 6.45) is 15.4. The fourth-order valence-corrected chi connectivity index (χ4v) is 4.17. The van der Waals surface area contributed by atoms with Crippen molar-refractivity contribution in [2.75, 3.05) is 42.9 Å². The van der Waals surface area contributed by atoms with E-state index in [9.17, 15) is 0 Å². The van der Waals surface area contributed by atoms with Gasteiger partial charge in [-0.25, -0.2) is 15.0 Å². The van der Waals surface area contributed by atoms with E-state index < -0.39 is 0 Å². The van der Waals surface area contributed by atoms with Gasteiger partial charge in [0.05, 0.1) is 6.20 Å². The van der Waals surface area contributed by atoms with Crippen LogP contribution in [0.3, 0.4) is 0 Å². The van der Waals surface area contributed by atoms with Gasteiger partial charge in [0.15, 0.2) is 0 Å². The third-order valence-electron chi connectivity index (χ3n) is 5.85. The van der Waals surface area contributed by atoms with E-state index in [-0.39, 0.29) is 0 Å². The zero-order valence-corrected chi connectivity index (χ0v) is 15.9. The first-order chi connectivity index (χ1) is 13.4. The number of piperazine rings is 1. The zero-order valence-electron chi connectivity index (χ0n) is 15.9. The van der Waals surface area contributed by atoms with Gasteiger partial charge in [-0.2, -0.15) is 0 Å². The summed E-state index contributed by atoms with van der Waals surface area (Å²) < 4.78 is 0. The van der Waals surface area contributed by atoms with E-state index in [2.05, 4.69) is 35.1 Å². The van der Waals surface area contributed by atoms with Gasteiger partial charge in [0, 0.05) is 57.0 Å². The monoisotopic (exact) mass is 367 g/mol. The predicted molar refractivity (Wildman–Crippen MR) is 107 cm³/mol. The van der Waals surface area contributed by atoms with Gasteiger partial charge in [-0.05, 0) is 50.6 Å². The van der Waals surface area contributed by atoms with Crippen molar-refractivity contribution in [3.63, 3.8) is 0 Å². The average molecular weight is 368 g/mol. The summed E-state index contributed by atoms with van der Waals surface area (Å²) in [6.45, 7) is 5.56. The third kappa shape index (κ3) is 5.13. The van der Waals surface area contributed by atoms with E-state index in [1.807, 2.05) is 12.3 Å². The standard InChI is InChI=1S/C20H29N7/c1-7-23-20(24-8-1)25-18-4-2-17(3-5-18)6-11-26-12-14-27(15-13-26)19-16-21-9-10-22-19/h1,7-10,16-18H,2-6,11-15H2,(H,23,24,25). The minimum Gasteiger partial charge on any atom is -0.353 e. The van der Waals surface area contributed by atoms with Crippen LogP contribution >= 0.6 is 0 Å². The topological polar surface area (TPSA) is 70.1 Å². The van der Waals surface area contributed by atoms with Crippen molar-refractivity contribution in [2.24, 2.45) is 5.92 Å². The number of nitrogens with one attached hydrogen (secondary N) is 1. The van der Waals surface area contributed by atoms with Crippen LogP contribution in [0, 0.1) is 5.92 Å². The van der Waals surface area contributed by atoms with Gasteiger partial charge in [-0.3, -0.25) is 9.88 Å². The molecule has 3 heterocycles. The van der Waals surface area contributed by atoms with Crippen molar-refractivity contribution < 1.29 is 0 Å². The smallest absolute Gasteiger partial charge is 0.222 e. The summed E-state index contributed by atoms with van der Waals surface area (Å²) in [5.74, 6) is 2.63. The zero-order chi connectivity index (χ0) is 18.3. The fourth-order valence-electron chi connectivity index (χ4n) is 4.17. The Bertz CT molecular complexity index is 665. The first-order valence-electron chi connectivity index (χ1n) is 10.1. The highest BCUT2D eigenvalue weighted by atomic mass is 15.3. The van der Waals surface area contributed by atoms with E-state index in [0.717, 1.165) is 43.9 Å². The van der Waals surface area contributed by atoms with Crippen LogP contribution in [0.5, 0.6) is 0 Å². The Kier molecular flexibility index (Phi) is 6.09. The lowest BCUT2D eigenvalue weighted by Gasteiger charge is -2.36. The van der Waals surface area contributed by atoms with Crippen LogP contribution in [0.4, 0.5) is 11.8 Å². The van der Waals surface area contributed by atoms with Crippen molar-refractivity contribution in [3.8, 4) is 0 Å². The van der Waals surface area contributed by atoms with Crippen LogP contribution in [-0.4, -0.2) is 63.6 Å². The summed E-state index contributed by atoms with van der Waals surface area (Å²) in [4.78, 5) is 22.1. The van der Waals surface area contributed by atoms with Crippen molar-refractivity contribution in [2.45, 2.75) is 38.1 Å². The van der Waals surface area contributed by atoms with E-state index in [0.29, 0.717) is 6.04 Å². The van der Waals surface area contributed by atoms with Gasteiger partial charge in [0.1, 0.15) is 5.82 Å². The van der Waals surface area contributed by atoms with Gasteiger partial charge < -0.3 is 10.2 Å². The molecule has 2 fully saturated rings. The summed E-state index contributed by atoms with van der Waals surface area (Å²) in [7, 11) is 0. The molecule has 7 nitrogen and oxygen atoms in total. The first-order valence-corrected chi connectivity index (χ1v) is 10.1. The van der Waals surface area contributed by atoms with Gasteiger partial charge in [0.2, 0.25) is 5.95 Å². The predicted octanol–water partition coefficient (Wildman–Crippen LogP) is 2.45. The second-order valence-corrected chi connectivity index (χ2v) is 7.62. The third-order valence-corrected chi connectivity index (χ3v) is 5.85. The maximum absolute atomic E-state index is 4.41. The van der Waals surface area contributed by atoms with Crippen LogP contribution in [0.25, 0.3) is 0 Å². The summed E-state index contributed by atoms with van der Waals surface area (Å²) in [6, 6.07) is 2.38. The molecule has 2 aromatic heterocycles. The highest BCUT2D eigenvalue weighted by Gasteiger charge is 2.23. The quantitative estimate of drug-likeness (QED) is 0.841. The molecule has 0 amide bonds. The van der Waals surface area contributed by atoms with Gasteiger partial charge in [-0.15, -0.1) is 0 Å². The van der Waals surface area contributed by atoms with Crippen molar-refractivity contribution in [3.05, 3.63) is 37.1 Å². The molecule has 0 aromatic carbocycles. The molecule has 1 aliphatic carbocycles. The Morgan fingerprint density at radius 3 is 2.37 bits per heavy atom. The summed E-state index contributed by atoms with van der Waals surface area (Å²) >= 11 is 0. The molecule has 1 aliphatic heterocycles. The van der Waals surface area contributed by atoms with Crippen LogP contribution in [0.1, 0.15) is 32.1 Å². The molecule has 0 atom stereocenters. The maximum Gasteiger partial charge on any atom is 0.222 e. The number of rotatable bonds is 6. The van der Waals surface area contributed by atoms with E-state index in [1.165, 1.54) is 38.6 Å². The SMILES string of the molecule is c1cnc(NC2CCC(CCN3CCN(c4cnccn4)CC3)CC2)nc1. The summed E-state index contributed by atoms with van der Waals surface area (Å²) in [5, 5.41) is 3.48. The van der Waals surface area contributed by atoms with Crippen LogP contribution in [-0.2, 0) is 0 Å². The van der Waals surface area contributed by atoms with Gasteiger partial charge >= 0.3 is 0 Å². The normalized spacial score (nSPS) is 23.9. The molecule has 144 valence electrons. The molecule has 1 N–H and O–H groups in total. The van der Waals surface area contributed by atoms with Crippen LogP contribution < -0.4 is 10.2 Å². The van der Waals surface area contributed by atoms with Crippen molar-refractivity contribution in [1.82, 2.24) is 24.8 Å². The molecule has 0 unspecified atom stereocenters. The Labute approximate surface area is 161 Å². The van der Waals surface area contributed by atoms with Crippen LogP contribution in [0.15, 0.2) is 37.1 Å². The Balaban J connectivity index is 1.14. The molecular weight excluding hydrogens is 338 g/mol. The van der Waals surface area contributed by atoms with Crippen molar-refractivity contribution in [1.29, 1.82) is 0 Å². The van der Waals surface area contributed by atoms with Gasteiger partial charge in [-0.1, -0.05) is 0 Å². The Hall–Kier alpha value is -2.28. The molecule has 1 saturated heterocycles. The number of hydrogen-bond acceptors (Lipinski definition) is 7. The number of nitrogens with zero attached hydrogens (tertiary/aromatic N) is 6. The highest BCUT2D eigenvalue weighted by molar-refractivity contribution is 5.35. The molecule has 0 spiro atoms. The molecule has 4 rings (SSSR count). The number of anilines is 2. The largest absolute Gasteiger partial charge is 0.353 e. The lowest BCUT2D eigenvalue weighted by Crippen LogP contribution is -2.47. The minimum absolute atomic E-state index is 0.527. The minimum atomic E-state index is 0.527. The summed E-state index contributed by atoms with van der Waals surface area (Å²) in [5.41, 5.74) is 0. The highest BCUT2D eigenvalue weighted by Crippen LogP contribution is 2.28. The maximum atomic E-state index is 4.41. The van der Waals surface area contributed by atoms with Crippen LogP contribution in [0.2, 0.25) is 0 Å². The molecule has 27 heavy (non-hydrogen) atoms. The van der Waals surface area contributed by atoms with Gasteiger partial charge in [0.25, 0.3) is 0 Å². The Morgan fingerprint density at radius 2 is 1.67 bits per heavy atom. The average Bonchev–Trinajstić information content (AvgIpc) is 2.75.